The average Bonchev–Trinajstić information content (AvgIpc) is 2.90. The summed E-state index contributed by atoms with van der Waals surface area (Å²) in [7, 11) is 0. The van der Waals surface area contributed by atoms with Gasteiger partial charge in [-0.1, -0.05) is 12.8 Å². The van der Waals surface area contributed by atoms with E-state index in [0.717, 1.165) is 12.8 Å². The molecule has 134 valence electrons. The lowest BCUT2D eigenvalue weighted by molar-refractivity contribution is -0.143. The van der Waals surface area contributed by atoms with Crippen molar-refractivity contribution in [1.29, 1.82) is 0 Å². The lowest BCUT2D eigenvalue weighted by Gasteiger charge is -2.22. The molecular weight excluding hydrogens is 340 g/mol. The quantitative estimate of drug-likeness (QED) is 0.811. The molecule has 2 N–H and O–H groups in total. The summed E-state index contributed by atoms with van der Waals surface area (Å²) in [5.41, 5.74) is -5.02. The third-order valence-electron chi connectivity index (χ3n) is 3.96. The minimum atomic E-state index is -5.01. The number of halogens is 6. The van der Waals surface area contributed by atoms with Gasteiger partial charge in [-0.2, -0.15) is 26.3 Å². The summed E-state index contributed by atoms with van der Waals surface area (Å²) in [6.45, 7) is -0.219. The molecular formula is C15H15F6NO2. The Balaban J connectivity index is 2.26. The van der Waals surface area contributed by atoms with Crippen LogP contribution in [0, 0.1) is 0 Å². The fraction of sp³-hybridized carbons (Fsp3) is 0.533. The zero-order valence-corrected chi connectivity index (χ0v) is 12.4. The van der Waals surface area contributed by atoms with Crippen molar-refractivity contribution >= 4 is 5.91 Å². The van der Waals surface area contributed by atoms with Crippen LogP contribution in [0.2, 0.25) is 0 Å². The highest BCUT2D eigenvalue weighted by Crippen LogP contribution is 2.36. The standard InChI is InChI=1S/C15H15F6NO2/c16-14(17,18)10-5-9(6-11(7-10)15(19,20)21)12(23)22-8-13(24)3-1-2-4-13/h5-7,24H,1-4,8H2,(H,22,23). The van der Waals surface area contributed by atoms with Crippen LogP contribution in [-0.4, -0.2) is 23.2 Å². The van der Waals surface area contributed by atoms with E-state index in [1.165, 1.54) is 0 Å². The number of hydrogen-bond donors (Lipinski definition) is 2. The van der Waals surface area contributed by atoms with Gasteiger partial charge in [0.05, 0.1) is 16.7 Å². The van der Waals surface area contributed by atoms with Crippen LogP contribution in [0.4, 0.5) is 26.3 Å². The van der Waals surface area contributed by atoms with Crippen molar-refractivity contribution in [3.05, 3.63) is 34.9 Å². The molecule has 0 saturated heterocycles. The number of rotatable bonds is 3. The number of benzene rings is 1. The van der Waals surface area contributed by atoms with Gasteiger partial charge in [0.2, 0.25) is 0 Å². The molecule has 9 heteroatoms. The highest BCUT2D eigenvalue weighted by atomic mass is 19.4. The van der Waals surface area contributed by atoms with E-state index in [1.54, 1.807) is 0 Å². The number of carbonyl (C=O) groups excluding carboxylic acids is 1. The molecule has 3 nitrogen and oxygen atoms in total. The van der Waals surface area contributed by atoms with E-state index in [-0.39, 0.29) is 12.6 Å². The van der Waals surface area contributed by atoms with Crippen LogP contribution in [0.1, 0.15) is 47.2 Å². The fourth-order valence-electron chi connectivity index (χ4n) is 2.64. The Morgan fingerprint density at radius 2 is 1.46 bits per heavy atom. The van der Waals surface area contributed by atoms with Gasteiger partial charge in [0.1, 0.15) is 0 Å². The van der Waals surface area contributed by atoms with Crippen molar-refractivity contribution in [2.75, 3.05) is 6.54 Å². The number of amides is 1. The third-order valence-corrected chi connectivity index (χ3v) is 3.96. The molecule has 0 radical (unpaired) electrons. The first-order valence-electron chi connectivity index (χ1n) is 7.21. The lowest BCUT2D eigenvalue weighted by atomic mass is 10.0. The molecule has 0 spiro atoms. The predicted octanol–water partition coefficient (Wildman–Crippen LogP) is 3.76. The molecule has 24 heavy (non-hydrogen) atoms. The van der Waals surface area contributed by atoms with Gasteiger partial charge in [-0.05, 0) is 31.0 Å². The van der Waals surface area contributed by atoms with Gasteiger partial charge in [0.25, 0.3) is 5.91 Å². The summed E-state index contributed by atoms with van der Waals surface area (Å²) in [6.07, 6.45) is -7.70. The second-order valence-electron chi connectivity index (χ2n) is 5.91. The van der Waals surface area contributed by atoms with Gasteiger partial charge in [0.15, 0.2) is 0 Å². The van der Waals surface area contributed by atoms with Crippen molar-refractivity contribution in [3.8, 4) is 0 Å². The van der Waals surface area contributed by atoms with E-state index in [1.807, 2.05) is 0 Å². The van der Waals surface area contributed by atoms with Gasteiger partial charge in [-0.15, -0.1) is 0 Å². The van der Waals surface area contributed by atoms with Crippen molar-refractivity contribution < 1.29 is 36.2 Å². The Morgan fingerprint density at radius 3 is 1.88 bits per heavy atom. The second-order valence-corrected chi connectivity index (χ2v) is 5.91. The number of hydrogen-bond acceptors (Lipinski definition) is 2. The molecule has 1 saturated carbocycles. The summed E-state index contributed by atoms with van der Waals surface area (Å²) in [5.74, 6) is -1.09. The number of nitrogens with one attached hydrogen (secondary N) is 1. The van der Waals surface area contributed by atoms with Crippen LogP contribution in [0.3, 0.4) is 0 Å². The highest BCUT2D eigenvalue weighted by molar-refractivity contribution is 5.94. The number of aliphatic hydroxyl groups is 1. The Hall–Kier alpha value is -1.77. The maximum Gasteiger partial charge on any atom is 0.416 e. The van der Waals surface area contributed by atoms with Crippen LogP contribution in [-0.2, 0) is 12.4 Å². The van der Waals surface area contributed by atoms with E-state index >= 15 is 0 Å². The molecule has 0 aromatic heterocycles. The summed E-state index contributed by atoms with van der Waals surface area (Å²) < 4.78 is 76.5. The molecule has 0 heterocycles. The number of carbonyl (C=O) groups is 1. The largest absolute Gasteiger partial charge is 0.416 e. The monoisotopic (exact) mass is 355 g/mol. The van der Waals surface area contributed by atoms with Crippen LogP contribution in [0.15, 0.2) is 18.2 Å². The zero-order valence-electron chi connectivity index (χ0n) is 12.4. The fourth-order valence-corrected chi connectivity index (χ4v) is 2.64. The Kier molecular flexibility index (Phi) is 4.85. The maximum absolute atomic E-state index is 12.8. The summed E-state index contributed by atoms with van der Waals surface area (Å²) in [6, 6.07) is 0.688. The molecule has 0 bridgehead atoms. The van der Waals surface area contributed by atoms with Crippen LogP contribution in [0.25, 0.3) is 0 Å². The molecule has 0 aliphatic heterocycles. The van der Waals surface area contributed by atoms with Crippen molar-refractivity contribution in [2.45, 2.75) is 43.6 Å². The van der Waals surface area contributed by atoms with Crippen LogP contribution < -0.4 is 5.32 Å². The predicted molar refractivity (Wildman–Crippen MR) is 72.2 cm³/mol. The molecule has 1 aliphatic carbocycles. The van der Waals surface area contributed by atoms with E-state index in [2.05, 4.69) is 5.32 Å². The Morgan fingerprint density at radius 1 is 1.00 bits per heavy atom. The van der Waals surface area contributed by atoms with E-state index in [9.17, 15) is 36.2 Å². The van der Waals surface area contributed by atoms with Crippen molar-refractivity contribution in [3.63, 3.8) is 0 Å². The van der Waals surface area contributed by atoms with Crippen LogP contribution >= 0.6 is 0 Å². The first kappa shape index (κ1) is 18.6. The average molecular weight is 355 g/mol. The van der Waals surface area contributed by atoms with Crippen molar-refractivity contribution in [2.24, 2.45) is 0 Å². The maximum atomic E-state index is 12.8. The summed E-state index contributed by atoms with van der Waals surface area (Å²) in [5, 5.41) is 12.3. The molecule has 1 fully saturated rings. The Bertz CT molecular complexity index is 585. The van der Waals surface area contributed by atoms with E-state index in [4.69, 9.17) is 0 Å². The van der Waals surface area contributed by atoms with Crippen molar-refractivity contribution in [1.82, 2.24) is 5.32 Å². The minimum absolute atomic E-state index is 0.0404. The molecule has 1 amide bonds. The first-order valence-corrected chi connectivity index (χ1v) is 7.21. The SMILES string of the molecule is O=C(NCC1(O)CCCC1)c1cc(C(F)(F)F)cc(C(F)(F)F)c1. The smallest absolute Gasteiger partial charge is 0.388 e. The summed E-state index contributed by atoms with van der Waals surface area (Å²) in [4.78, 5) is 11.9. The van der Waals surface area contributed by atoms with Gasteiger partial charge < -0.3 is 10.4 Å². The van der Waals surface area contributed by atoms with Gasteiger partial charge in [-0.3, -0.25) is 4.79 Å². The molecule has 0 unspecified atom stereocenters. The van der Waals surface area contributed by atoms with Gasteiger partial charge in [-0.25, -0.2) is 0 Å². The minimum Gasteiger partial charge on any atom is -0.388 e. The molecule has 2 rings (SSSR count). The second kappa shape index (κ2) is 6.27. The lowest BCUT2D eigenvalue weighted by Crippen LogP contribution is -2.40. The van der Waals surface area contributed by atoms with Crippen LogP contribution in [0.5, 0.6) is 0 Å². The zero-order chi connectivity index (χ0) is 18.2. The molecule has 0 atom stereocenters. The van der Waals surface area contributed by atoms with Gasteiger partial charge in [0, 0.05) is 12.1 Å². The molecule has 1 aliphatic rings. The van der Waals surface area contributed by atoms with E-state index < -0.39 is 40.6 Å². The first-order chi connectivity index (χ1) is 10.9. The normalized spacial score (nSPS) is 17.8. The third kappa shape index (κ3) is 4.40. The molecule has 1 aromatic carbocycles. The Labute approximate surface area is 133 Å². The van der Waals surface area contributed by atoms with E-state index in [0.29, 0.717) is 25.0 Å². The number of alkyl halides is 6. The molecule has 1 aromatic rings. The van der Waals surface area contributed by atoms with Gasteiger partial charge >= 0.3 is 12.4 Å². The topological polar surface area (TPSA) is 49.3 Å². The highest BCUT2D eigenvalue weighted by Gasteiger charge is 2.38. The summed E-state index contributed by atoms with van der Waals surface area (Å²) >= 11 is 0.